The number of benzene rings is 1. The van der Waals surface area contributed by atoms with Gasteiger partial charge in [-0.1, -0.05) is 12.1 Å². The maximum absolute atomic E-state index is 11.9. The molecule has 4 heteroatoms. The van der Waals surface area contributed by atoms with Crippen molar-refractivity contribution in [2.45, 2.75) is 25.8 Å². The van der Waals surface area contributed by atoms with E-state index in [9.17, 15) is 4.79 Å². The SMILES string of the molecule is CC1(C)CCNC(=O)N1c1ccccc1N. The molecule has 0 saturated carbocycles. The summed E-state index contributed by atoms with van der Waals surface area (Å²) in [5, 5.41) is 2.84. The van der Waals surface area contributed by atoms with Gasteiger partial charge in [-0.25, -0.2) is 4.79 Å². The summed E-state index contributed by atoms with van der Waals surface area (Å²) in [5.74, 6) is 0. The quantitative estimate of drug-likeness (QED) is 0.709. The largest absolute Gasteiger partial charge is 0.397 e. The zero-order chi connectivity index (χ0) is 11.8. The van der Waals surface area contributed by atoms with Gasteiger partial charge in [0.2, 0.25) is 0 Å². The van der Waals surface area contributed by atoms with E-state index < -0.39 is 0 Å². The molecule has 2 amide bonds. The number of hydrogen-bond donors (Lipinski definition) is 2. The van der Waals surface area contributed by atoms with Crippen LogP contribution in [-0.2, 0) is 0 Å². The van der Waals surface area contributed by atoms with Crippen LogP contribution in [-0.4, -0.2) is 18.1 Å². The molecule has 4 nitrogen and oxygen atoms in total. The zero-order valence-electron chi connectivity index (χ0n) is 9.66. The number of carbonyl (C=O) groups excluding carboxylic acids is 1. The maximum atomic E-state index is 11.9. The molecule has 1 heterocycles. The van der Waals surface area contributed by atoms with E-state index in [0.717, 1.165) is 18.7 Å². The van der Waals surface area contributed by atoms with Crippen LogP contribution in [0.5, 0.6) is 0 Å². The molecule has 1 aliphatic heterocycles. The standard InChI is InChI=1S/C12H17N3O/c1-12(2)7-8-14-11(16)15(12)10-6-4-3-5-9(10)13/h3-6H,7-8,13H2,1-2H3,(H,14,16). The van der Waals surface area contributed by atoms with E-state index in [-0.39, 0.29) is 11.6 Å². The number of nitrogen functional groups attached to an aromatic ring is 1. The third-order valence-electron chi connectivity index (χ3n) is 3.00. The Hall–Kier alpha value is -1.71. The summed E-state index contributed by atoms with van der Waals surface area (Å²) < 4.78 is 0. The molecule has 0 unspecified atom stereocenters. The van der Waals surface area contributed by atoms with Crippen molar-refractivity contribution in [3.8, 4) is 0 Å². The minimum Gasteiger partial charge on any atom is -0.397 e. The molecule has 1 saturated heterocycles. The molecule has 0 radical (unpaired) electrons. The van der Waals surface area contributed by atoms with Gasteiger partial charge in [0.1, 0.15) is 0 Å². The summed E-state index contributed by atoms with van der Waals surface area (Å²) in [6.45, 7) is 4.82. The van der Waals surface area contributed by atoms with E-state index >= 15 is 0 Å². The fourth-order valence-corrected chi connectivity index (χ4v) is 2.07. The lowest BCUT2D eigenvalue weighted by Gasteiger charge is -2.42. The number of nitrogens with two attached hydrogens (primary N) is 1. The normalized spacial score (nSPS) is 19.4. The van der Waals surface area contributed by atoms with E-state index in [1.54, 1.807) is 4.90 Å². The molecule has 0 spiro atoms. The molecule has 1 aliphatic rings. The van der Waals surface area contributed by atoms with Gasteiger partial charge >= 0.3 is 6.03 Å². The Morgan fingerprint density at radius 2 is 2.06 bits per heavy atom. The van der Waals surface area contributed by atoms with Crippen molar-refractivity contribution in [3.05, 3.63) is 24.3 Å². The highest BCUT2D eigenvalue weighted by molar-refractivity contribution is 5.97. The van der Waals surface area contributed by atoms with Gasteiger partial charge in [0.25, 0.3) is 0 Å². The predicted molar refractivity (Wildman–Crippen MR) is 65.4 cm³/mol. The Balaban J connectivity index is 2.44. The summed E-state index contributed by atoms with van der Waals surface area (Å²) in [5.41, 5.74) is 7.13. The predicted octanol–water partition coefficient (Wildman–Crippen LogP) is 1.97. The van der Waals surface area contributed by atoms with Crippen LogP contribution in [0.25, 0.3) is 0 Å². The number of nitrogens with one attached hydrogen (secondary N) is 1. The highest BCUT2D eigenvalue weighted by Crippen LogP contribution is 2.32. The number of carbonyl (C=O) groups is 1. The Labute approximate surface area is 95.4 Å². The van der Waals surface area contributed by atoms with Gasteiger partial charge in [0, 0.05) is 12.1 Å². The number of para-hydroxylation sites is 2. The second-order valence-electron chi connectivity index (χ2n) is 4.69. The average molecular weight is 219 g/mol. The van der Waals surface area contributed by atoms with Crippen molar-refractivity contribution in [2.24, 2.45) is 0 Å². The number of nitrogens with zero attached hydrogens (tertiary/aromatic N) is 1. The Morgan fingerprint density at radius 1 is 1.38 bits per heavy atom. The molecule has 1 aromatic rings. The number of urea groups is 1. The van der Waals surface area contributed by atoms with Crippen molar-refractivity contribution in [1.29, 1.82) is 0 Å². The fraction of sp³-hybridized carbons (Fsp3) is 0.417. The number of anilines is 2. The molecule has 0 aromatic heterocycles. The zero-order valence-corrected chi connectivity index (χ0v) is 9.66. The van der Waals surface area contributed by atoms with E-state index in [0.29, 0.717) is 5.69 Å². The first kappa shape index (κ1) is 10.8. The van der Waals surface area contributed by atoms with Gasteiger partial charge in [-0.05, 0) is 32.4 Å². The smallest absolute Gasteiger partial charge is 0.322 e. The van der Waals surface area contributed by atoms with Crippen molar-refractivity contribution in [2.75, 3.05) is 17.2 Å². The van der Waals surface area contributed by atoms with Gasteiger partial charge in [-0.3, -0.25) is 4.90 Å². The third kappa shape index (κ3) is 1.71. The third-order valence-corrected chi connectivity index (χ3v) is 3.00. The molecule has 0 bridgehead atoms. The van der Waals surface area contributed by atoms with Gasteiger partial charge in [-0.2, -0.15) is 0 Å². The molecule has 0 aliphatic carbocycles. The van der Waals surface area contributed by atoms with Crippen LogP contribution in [0.3, 0.4) is 0 Å². The van der Waals surface area contributed by atoms with E-state index in [1.807, 2.05) is 24.3 Å². The first-order chi connectivity index (χ1) is 7.52. The maximum Gasteiger partial charge on any atom is 0.322 e. The topological polar surface area (TPSA) is 58.4 Å². The number of amides is 2. The molecular weight excluding hydrogens is 202 g/mol. The molecule has 1 fully saturated rings. The van der Waals surface area contributed by atoms with Crippen molar-refractivity contribution < 1.29 is 4.79 Å². The highest BCUT2D eigenvalue weighted by Gasteiger charge is 2.36. The van der Waals surface area contributed by atoms with Crippen molar-refractivity contribution in [1.82, 2.24) is 5.32 Å². The van der Waals surface area contributed by atoms with Crippen molar-refractivity contribution in [3.63, 3.8) is 0 Å². The summed E-state index contributed by atoms with van der Waals surface area (Å²) in [4.78, 5) is 13.7. The lowest BCUT2D eigenvalue weighted by molar-refractivity contribution is 0.230. The molecule has 86 valence electrons. The highest BCUT2D eigenvalue weighted by atomic mass is 16.2. The molecule has 16 heavy (non-hydrogen) atoms. The van der Waals surface area contributed by atoms with Crippen LogP contribution in [0.2, 0.25) is 0 Å². The van der Waals surface area contributed by atoms with Gasteiger partial charge in [0.05, 0.1) is 11.4 Å². The molecular formula is C12H17N3O. The van der Waals surface area contributed by atoms with Crippen LogP contribution in [0.1, 0.15) is 20.3 Å². The second kappa shape index (κ2) is 3.70. The summed E-state index contributed by atoms with van der Waals surface area (Å²) in [6, 6.07) is 7.38. The van der Waals surface area contributed by atoms with Crippen LogP contribution in [0.15, 0.2) is 24.3 Å². The molecule has 3 N–H and O–H groups in total. The number of hydrogen-bond acceptors (Lipinski definition) is 2. The van der Waals surface area contributed by atoms with Crippen LogP contribution in [0.4, 0.5) is 16.2 Å². The van der Waals surface area contributed by atoms with E-state index in [1.165, 1.54) is 0 Å². The summed E-state index contributed by atoms with van der Waals surface area (Å²) >= 11 is 0. The van der Waals surface area contributed by atoms with E-state index in [2.05, 4.69) is 19.2 Å². The minimum atomic E-state index is -0.197. The molecule has 0 atom stereocenters. The van der Waals surface area contributed by atoms with Crippen LogP contribution >= 0.6 is 0 Å². The second-order valence-corrected chi connectivity index (χ2v) is 4.69. The minimum absolute atomic E-state index is 0.0749. The van der Waals surface area contributed by atoms with Gasteiger partial charge in [-0.15, -0.1) is 0 Å². The molecule has 2 rings (SSSR count). The first-order valence-corrected chi connectivity index (χ1v) is 5.45. The monoisotopic (exact) mass is 219 g/mol. The Kier molecular flexibility index (Phi) is 2.50. The summed E-state index contributed by atoms with van der Waals surface area (Å²) in [6.07, 6.45) is 0.910. The summed E-state index contributed by atoms with van der Waals surface area (Å²) in [7, 11) is 0. The number of rotatable bonds is 1. The lowest BCUT2D eigenvalue weighted by Crippen LogP contribution is -2.58. The first-order valence-electron chi connectivity index (χ1n) is 5.45. The van der Waals surface area contributed by atoms with Gasteiger partial charge in [0.15, 0.2) is 0 Å². The van der Waals surface area contributed by atoms with Crippen molar-refractivity contribution >= 4 is 17.4 Å². The van der Waals surface area contributed by atoms with Crippen LogP contribution < -0.4 is 16.0 Å². The Bertz CT molecular complexity index is 414. The average Bonchev–Trinajstić information content (AvgIpc) is 2.19. The Morgan fingerprint density at radius 3 is 2.69 bits per heavy atom. The fourth-order valence-electron chi connectivity index (χ4n) is 2.07. The van der Waals surface area contributed by atoms with E-state index in [4.69, 9.17) is 5.73 Å². The van der Waals surface area contributed by atoms with Gasteiger partial charge < -0.3 is 11.1 Å². The van der Waals surface area contributed by atoms with Crippen LogP contribution in [0, 0.1) is 0 Å². The molecule has 1 aromatic carbocycles. The lowest BCUT2D eigenvalue weighted by atomic mass is 9.95.